The van der Waals surface area contributed by atoms with E-state index in [4.69, 9.17) is 4.74 Å². The summed E-state index contributed by atoms with van der Waals surface area (Å²) in [5, 5.41) is 0. The monoisotopic (exact) mass is 473 g/mol. The average Bonchev–Trinajstić information content (AvgIpc) is 3.41. The number of Topliss-reactive ketones (excluding diaryl/α,β-unsaturated/α-hetero) is 1. The third-order valence-corrected chi connectivity index (χ3v) is 9.23. The summed E-state index contributed by atoms with van der Waals surface area (Å²) in [5.74, 6) is 0.761. The number of rotatable bonds is 7. The molecule has 0 unspecified atom stereocenters. The van der Waals surface area contributed by atoms with Crippen LogP contribution < -0.4 is 4.74 Å². The van der Waals surface area contributed by atoms with Crippen molar-refractivity contribution in [3.05, 3.63) is 46.8 Å². The Morgan fingerprint density at radius 1 is 1.03 bits per heavy atom. The second-order valence-corrected chi connectivity index (χ2v) is 11.2. The Balaban J connectivity index is 1.40. The molecule has 1 aliphatic heterocycles. The van der Waals surface area contributed by atoms with Gasteiger partial charge < -0.3 is 9.30 Å². The van der Waals surface area contributed by atoms with E-state index < -0.39 is 10.0 Å². The van der Waals surface area contributed by atoms with E-state index in [1.165, 1.54) is 30.0 Å². The lowest BCUT2D eigenvalue weighted by molar-refractivity contribution is 0.0901. The van der Waals surface area contributed by atoms with Crippen LogP contribution in [-0.4, -0.2) is 67.8 Å². The lowest BCUT2D eigenvalue weighted by Gasteiger charge is -2.33. The Labute approximate surface area is 197 Å². The molecule has 2 fully saturated rings. The molecule has 180 valence electrons. The normalized spacial score (nSPS) is 18.7. The highest BCUT2D eigenvalue weighted by Crippen LogP contribution is 2.33. The zero-order valence-corrected chi connectivity index (χ0v) is 21.0. The van der Waals surface area contributed by atoms with Gasteiger partial charge in [-0.05, 0) is 63.4 Å². The lowest BCUT2D eigenvalue weighted by Crippen LogP contribution is -2.49. The van der Waals surface area contributed by atoms with Gasteiger partial charge in [0.1, 0.15) is 5.75 Å². The summed E-state index contributed by atoms with van der Waals surface area (Å²) >= 11 is 0. The van der Waals surface area contributed by atoms with Crippen molar-refractivity contribution in [2.75, 3.05) is 39.8 Å². The Morgan fingerprint density at radius 3 is 2.30 bits per heavy atom. The van der Waals surface area contributed by atoms with Gasteiger partial charge >= 0.3 is 0 Å². The van der Waals surface area contributed by atoms with E-state index in [0.717, 1.165) is 17.0 Å². The first-order valence-electron chi connectivity index (χ1n) is 11.8. The van der Waals surface area contributed by atoms with E-state index in [2.05, 4.69) is 23.3 Å². The molecule has 2 aromatic rings. The number of benzene rings is 1. The van der Waals surface area contributed by atoms with Crippen molar-refractivity contribution < 1.29 is 17.9 Å². The van der Waals surface area contributed by atoms with E-state index in [-0.39, 0.29) is 5.78 Å². The molecule has 8 heteroatoms. The van der Waals surface area contributed by atoms with Gasteiger partial charge in [-0.2, -0.15) is 4.31 Å². The van der Waals surface area contributed by atoms with Crippen LogP contribution in [0.15, 0.2) is 29.2 Å². The summed E-state index contributed by atoms with van der Waals surface area (Å²) in [5.41, 5.74) is 3.71. The predicted molar refractivity (Wildman–Crippen MR) is 129 cm³/mol. The summed E-state index contributed by atoms with van der Waals surface area (Å²) < 4.78 is 35.4. The van der Waals surface area contributed by atoms with Crippen LogP contribution in [0.3, 0.4) is 0 Å². The van der Waals surface area contributed by atoms with Gasteiger partial charge in [0.15, 0.2) is 5.78 Å². The number of aryl methyl sites for hydroxylation is 2. The van der Waals surface area contributed by atoms with Crippen molar-refractivity contribution in [2.24, 2.45) is 0 Å². The molecular weight excluding hydrogens is 438 g/mol. The standard InChI is InChI=1S/C25H35N3O4S/c1-18-15-22(32-4)9-10-25(18)33(30,31)27-13-11-26(12-14-27)17-24(29)23-16-19(2)28(20(23)3)21-7-5-6-8-21/h9-10,15-16,21H,5-8,11-14,17H2,1-4H3. The minimum atomic E-state index is -3.58. The quantitative estimate of drug-likeness (QED) is 0.573. The fraction of sp³-hybridized carbons (Fsp3) is 0.560. The van der Waals surface area contributed by atoms with Gasteiger partial charge in [-0.1, -0.05) is 12.8 Å². The van der Waals surface area contributed by atoms with Gasteiger partial charge in [0.2, 0.25) is 10.0 Å². The maximum atomic E-state index is 13.2. The zero-order valence-electron chi connectivity index (χ0n) is 20.1. The van der Waals surface area contributed by atoms with Crippen LogP contribution in [0.4, 0.5) is 0 Å². The number of carbonyl (C=O) groups is 1. The molecule has 1 aromatic carbocycles. The molecule has 2 heterocycles. The van der Waals surface area contributed by atoms with Crippen LogP contribution in [0.2, 0.25) is 0 Å². The SMILES string of the molecule is COc1ccc(S(=O)(=O)N2CCN(CC(=O)c3cc(C)n(C4CCCC4)c3C)CC2)c(C)c1. The third kappa shape index (κ3) is 4.74. The summed E-state index contributed by atoms with van der Waals surface area (Å²) in [4.78, 5) is 15.5. The van der Waals surface area contributed by atoms with Crippen LogP contribution in [0.1, 0.15) is 59.0 Å². The van der Waals surface area contributed by atoms with Crippen LogP contribution in [0, 0.1) is 20.8 Å². The molecule has 0 N–H and O–H groups in total. The molecule has 0 atom stereocenters. The molecule has 1 saturated carbocycles. The fourth-order valence-corrected chi connectivity index (χ4v) is 7.01. The first kappa shape index (κ1) is 24.0. The first-order chi connectivity index (χ1) is 15.7. The number of piperazine rings is 1. The largest absolute Gasteiger partial charge is 0.497 e. The topological polar surface area (TPSA) is 71.9 Å². The molecule has 33 heavy (non-hydrogen) atoms. The van der Waals surface area contributed by atoms with Gasteiger partial charge in [-0.3, -0.25) is 9.69 Å². The molecule has 0 spiro atoms. The Kier molecular flexibility index (Phi) is 6.98. The third-order valence-electron chi connectivity index (χ3n) is 7.17. The zero-order chi connectivity index (χ0) is 23.8. The molecule has 7 nitrogen and oxygen atoms in total. The predicted octanol–water partition coefficient (Wildman–Crippen LogP) is 3.73. The molecule has 1 aliphatic carbocycles. The Morgan fingerprint density at radius 2 is 1.70 bits per heavy atom. The highest BCUT2D eigenvalue weighted by molar-refractivity contribution is 7.89. The second kappa shape index (κ2) is 9.60. The van der Waals surface area contributed by atoms with Crippen molar-refractivity contribution in [3.8, 4) is 5.75 Å². The van der Waals surface area contributed by atoms with E-state index in [9.17, 15) is 13.2 Å². The van der Waals surface area contributed by atoms with Gasteiger partial charge in [0.25, 0.3) is 0 Å². The molecule has 2 aliphatic rings. The average molecular weight is 474 g/mol. The minimum absolute atomic E-state index is 0.120. The Hall–Kier alpha value is -2.16. The van der Waals surface area contributed by atoms with Crippen LogP contribution in [0.25, 0.3) is 0 Å². The molecule has 0 radical (unpaired) electrons. The van der Waals surface area contributed by atoms with E-state index in [0.29, 0.717) is 55.0 Å². The smallest absolute Gasteiger partial charge is 0.243 e. The number of nitrogens with zero attached hydrogens (tertiary/aromatic N) is 3. The van der Waals surface area contributed by atoms with Crippen molar-refractivity contribution >= 4 is 15.8 Å². The minimum Gasteiger partial charge on any atom is -0.497 e. The van der Waals surface area contributed by atoms with E-state index in [1.807, 2.05) is 6.07 Å². The number of aromatic nitrogens is 1. The number of ketones is 1. The van der Waals surface area contributed by atoms with E-state index >= 15 is 0 Å². The van der Waals surface area contributed by atoms with Gasteiger partial charge in [-0.25, -0.2) is 8.42 Å². The summed E-state index contributed by atoms with van der Waals surface area (Å²) in [6.07, 6.45) is 4.89. The van der Waals surface area contributed by atoms with Crippen LogP contribution >= 0.6 is 0 Å². The van der Waals surface area contributed by atoms with Crippen molar-refractivity contribution in [2.45, 2.75) is 57.4 Å². The van der Waals surface area contributed by atoms with Crippen molar-refractivity contribution in [1.82, 2.24) is 13.8 Å². The lowest BCUT2D eigenvalue weighted by atomic mass is 10.1. The molecular formula is C25H35N3O4S. The highest BCUT2D eigenvalue weighted by atomic mass is 32.2. The summed E-state index contributed by atoms with van der Waals surface area (Å²) in [7, 11) is -2.01. The van der Waals surface area contributed by atoms with Gasteiger partial charge in [-0.15, -0.1) is 0 Å². The summed E-state index contributed by atoms with van der Waals surface area (Å²) in [6.45, 7) is 8.09. The Bertz CT molecular complexity index is 1120. The number of hydrogen-bond donors (Lipinski definition) is 0. The van der Waals surface area contributed by atoms with Gasteiger partial charge in [0.05, 0.1) is 18.6 Å². The number of sulfonamides is 1. The number of carbonyl (C=O) groups excluding carboxylic acids is 1. The molecule has 0 bridgehead atoms. The van der Waals surface area contributed by atoms with Crippen LogP contribution in [0.5, 0.6) is 5.75 Å². The van der Waals surface area contributed by atoms with Crippen molar-refractivity contribution in [3.63, 3.8) is 0 Å². The maximum absolute atomic E-state index is 13.2. The molecule has 4 rings (SSSR count). The molecule has 1 saturated heterocycles. The van der Waals surface area contributed by atoms with Crippen molar-refractivity contribution in [1.29, 1.82) is 0 Å². The van der Waals surface area contributed by atoms with Gasteiger partial charge in [0, 0.05) is 49.2 Å². The highest BCUT2D eigenvalue weighted by Gasteiger charge is 2.31. The fourth-order valence-electron chi connectivity index (χ4n) is 5.38. The number of hydrogen-bond acceptors (Lipinski definition) is 5. The summed E-state index contributed by atoms with van der Waals surface area (Å²) in [6, 6.07) is 7.57. The molecule has 0 amide bonds. The first-order valence-corrected chi connectivity index (χ1v) is 13.2. The number of methoxy groups -OCH3 is 1. The van der Waals surface area contributed by atoms with Crippen LogP contribution in [-0.2, 0) is 10.0 Å². The van der Waals surface area contributed by atoms with E-state index in [1.54, 1.807) is 32.2 Å². The molecule has 1 aromatic heterocycles. The second-order valence-electron chi connectivity index (χ2n) is 9.33. The number of ether oxygens (including phenoxy) is 1. The maximum Gasteiger partial charge on any atom is 0.243 e.